The van der Waals surface area contributed by atoms with E-state index in [1.54, 1.807) is 23.6 Å². The number of hydrogen-bond donors (Lipinski definition) is 0. The fourth-order valence-electron chi connectivity index (χ4n) is 3.01. The van der Waals surface area contributed by atoms with E-state index in [0.717, 1.165) is 33.2 Å². The molecule has 0 saturated heterocycles. The van der Waals surface area contributed by atoms with Gasteiger partial charge in [-0.05, 0) is 42.3 Å². The van der Waals surface area contributed by atoms with Gasteiger partial charge in [-0.1, -0.05) is 54.5 Å². The van der Waals surface area contributed by atoms with Crippen molar-refractivity contribution in [2.75, 3.05) is 0 Å². The standard InChI is InChI=1S/C22H20Cl2N4S2/c1-13(2)29-21-20(16-5-4-8-25-11-16)26-22(30-21)28-12-17(14(3)27-28)9-15-6-7-18(23)10-19(15)24/h4-8,10-13H,9H2,1-3H3. The number of aryl methyl sites for hydroxylation is 1. The number of halogens is 2. The molecule has 30 heavy (non-hydrogen) atoms. The fourth-order valence-corrected chi connectivity index (χ4v) is 5.93. The lowest BCUT2D eigenvalue weighted by Crippen LogP contribution is -1.94. The summed E-state index contributed by atoms with van der Waals surface area (Å²) in [5, 5.41) is 7.32. The number of rotatable bonds is 6. The molecule has 0 amide bonds. The molecular formula is C22H20Cl2N4S2. The van der Waals surface area contributed by atoms with E-state index in [1.807, 2.05) is 60.0 Å². The summed E-state index contributed by atoms with van der Waals surface area (Å²) in [6.45, 7) is 6.38. The first-order valence-corrected chi connectivity index (χ1v) is 11.9. The van der Waals surface area contributed by atoms with Gasteiger partial charge in [0, 0.05) is 45.9 Å². The summed E-state index contributed by atoms with van der Waals surface area (Å²) in [5.74, 6) is 0. The number of nitrogens with zero attached hydrogens (tertiary/aromatic N) is 4. The van der Waals surface area contributed by atoms with Crippen LogP contribution in [0.4, 0.5) is 0 Å². The fraction of sp³-hybridized carbons (Fsp3) is 0.227. The average Bonchev–Trinajstić information content (AvgIpc) is 3.28. The zero-order valence-corrected chi connectivity index (χ0v) is 19.9. The van der Waals surface area contributed by atoms with Crippen molar-refractivity contribution in [2.24, 2.45) is 0 Å². The molecule has 3 aromatic heterocycles. The van der Waals surface area contributed by atoms with Gasteiger partial charge in [0.25, 0.3) is 0 Å². The van der Waals surface area contributed by atoms with Crippen LogP contribution in [0.2, 0.25) is 10.0 Å². The minimum atomic E-state index is 0.454. The Balaban J connectivity index is 1.69. The van der Waals surface area contributed by atoms with E-state index in [0.29, 0.717) is 21.7 Å². The van der Waals surface area contributed by atoms with Gasteiger partial charge in [0.05, 0.1) is 15.6 Å². The van der Waals surface area contributed by atoms with Gasteiger partial charge in [-0.15, -0.1) is 11.8 Å². The van der Waals surface area contributed by atoms with Crippen LogP contribution >= 0.6 is 46.3 Å². The molecule has 4 nitrogen and oxygen atoms in total. The largest absolute Gasteiger partial charge is 0.264 e. The average molecular weight is 475 g/mol. The molecule has 0 aliphatic rings. The second kappa shape index (κ2) is 9.10. The molecule has 0 N–H and O–H groups in total. The monoisotopic (exact) mass is 474 g/mol. The van der Waals surface area contributed by atoms with Crippen LogP contribution in [0.15, 0.2) is 53.1 Å². The Morgan fingerprint density at radius 1 is 1.17 bits per heavy atom. The van der Waals surface area contributed by atoms with Gasteiger partial charge in [0.2, 0.25) is 5.13 Å². The predicted octanol–water partition coefficient (Wildman–Crippen LogP) is 7.10. The lowest BCUT2D eigenvalue weighted by molar-refractivity contribution is 0.853. The summed E-state index contributed by atoms with van der Waals surface area (Å²) in [7, 11) is 0. The second-order valence-corrected chi connectivity index (χ2v) is 10.8. The van der Waals surface area contributed by atoms with Crippen molar-refractivity contribution < 1.29 is 0 Å². The SMILES string of the molecule is Cc1nn(-c2nc(-c3cccnc3)c(SC(C)C)s2)cc1Cc1ccc(Cl)cc1Cl. The Hall–Kier alpha value is -1.86. The Labute approximate surface area is 194 Å². The summed E-state index contributed by atoms with van der Waals surface area (Å²) in [6, 6.07) is 9.57. The van der Waals surface area contributed by atoms with Gasteiger partial charge in [-0.2, -0.15) is 5.10 Å². The molecule has 1 aromatic carbocycles. The topological polar surface area (TPSA) is 43.6 Å². The highest BCUT2D eigenvalue weighted by Crippen LogP contribution is 2.39. The molecule has 0 unspecified atom stereocenters. The predicted molar refractivity (Wildman–Crippen MR) is 127 cm³/mol. The molecule has 154 valence electrons. The highest BCUT2D eigenvalue weighted by Gasteiger charge is 2.18. The van der Waals surface area contributed by atoms with Crippen LogP contribution in [0, 0.1) is 6.92 Å². The Morgan fingerprint density at radius 2 is 2.00 bits per heavy atom. The van der Waals surface area contributed by atoms with E-state index in [4.69, 9.17) is 33.3 Å². The maximum Gasteiger partial charge on any atom is 0.211 e. The normalized spacial score (nSPS) is 11.4. The van der Waals surface area contributed by atoms with Crippen LogP contribution in [-0.4, -0.2) is 25.0 Å². The van der Waals surface area contributed by atoms with Gasteiger partial charge >= 0.3 is 0 Å². The zero-order chi connectivity index (χ0) is 21.3. The van der Waals surface area contributed by atoms with Crippen LogP contribution in [0.5, 0.6) is 0 Å². The van der Waals surface area contributed by atoms with Crippen molar-refractivity contribution in [3.05, 3.63) is 75.8 Å². The molecule has 4 aromatic rings. The van der Waals surface area contributed by atoms with E-state index >= 15 is 0 Å². The molecular weight excluding hydrogens is 455 g/mol. The summed E-state index contributed by atoms with van der Waals surface area (Å²) in [5.41, 5.74) is 5.06. The summed E-state index contributed by atoms with van der Waals surface area (Å²) in [6.07, 6.45) is 6.36. The molecule has 0 bridgehead atoms. The lowest BCUT2D eigenvalue weighted by atomic mass is 10.1. The van der Waals surface area contributed by atoms with Crippen LogP contribution in [0.25, 0.3) is 16.4 Å². The first kappa shape index (κ1) is 21.4. The molecule has 3 heterocycles. The van der Waals surface area contributed by atoms with Gasteiger partial charge in [-0.3, -0.25) is 4.98 Å². The summed E-state index contributed by atoms with van der Waals surface area (Å²) < 4.78 is 3.03. The van der Waals surface area contributed by atoms with Crippen LogP contribution in [0.1, 0.15) is 30.7 Å². The van der Waals surface area contributed by atoms with Crippen molar-refractivity contribution in [1.82, 2.24) is 19.7 Å². The lowest BCUT2D eigenvalue weighted by Gasteiger charge is -2.03. The molecule has 0 aliphatic heterocycles. The number of benzene rings is 1. The molecule has 8 heteroatoms. The smallest absolute Gasteiger partial charge is 0.211 e. The van der Waals surface area contributed by atoms with Crippen LogP contribution in [0.3, 0.4) is 0 Å². The Morgan fingerprint density at radius 3 is 2.70 bits per heavy atom. The molecule has 0 atom stereocenters. The molecule has 0 spiro atoms. The van der Waals surface area contributed by atoms with Crippen molar-refractivity contribution in [1.29, 1.82) is 0 Å². The molecule has 0 radical (unpaired) electrons. The number of pyridine rings is 1. The molecule has 0 saturated carbocycles. The zero-order valence-electron chi connectivity index (χ0n) is 16.8. The molecule has 0 fully saturated rings. The summed E-state index contributed by atoms with van der Waals surface area (Å²) in [4.78, 5) is 9.16. The first-order valence-electron chi connectivity index (χ1n) is 9.48. The van der Waals surface area contributed by atoms with Crippen molar-refractivity contribution in [3.8, 4) is 16.4 Å². The number of aromatic nitrogens is 4. The third kappa shape index (κ3) is 4.72. The molecule has 4 rings (SSSR count). The quantitative estimate of drug-likeness (QED) is 0.279. The minimum absolute atomic E-state index is 0.454. The van der Waals surface area contributed by atoms with Gasteiger partial charge in [-0.25, -0.2) is 9.67 Å². The van der Waals surface area contributed by atoms with Gasteiger partial charge in [0.1, 0.15) is 0 Å². The van der Waals surface area contributed by atoms with Gasteiger partial charge in [0.15, 0.2) is 0 Å². The van der Waals surface area contributed by atoms with Gasteiger partial charge < -0.3 is 0 Å². The maximum atomic E-state index is 6.37. The number of thiazole rings is 1. The van der Waals surface area contributed by atoms with Crippen LogP contribution in [-0.2, 0) is 6.42 Å². The van der Waals surface area contributed by atoms with E-state index < -0.39 is 0 Å². The Bertz CT molecular complexity index is 1170. The minimum Gasteiger partial charge on any atom is -0.264 e. The maximum absolute atomic E-state index is 6.37. The van der Waals surface area contributed by atoms with E-state index in [9.17, 15) is 0 Å². The molecule has 0 aliphatic carbocycles. The second-order valence-electron chi connectivity index (χ2n) is 7.14. The highest BCUT2D eigenvalue weighted by atomic mass is 35.5. The van der Waals surface area contributed by atoms with Crippen molar-refractivity contribution in [3.63, 3.8) is 0 Å². The van der Waals surface area contributed by atoms with E-state index in [1.165, 1.54) is 4.21 Å². The van der Waals surface area contributed by atoms with Crippen LogP contribution < -0.4 is 0 Å². The third-order valence-electron chi connectivity index (χ3n) is 4.46. The number of hydrogen-bond acceptors (Lipinski definition) is 5. The highest BCUT2D eigenvalue weighted by molar-refractivity contribution is 8.01. The number of thioether (sulfide) groups is 1. The van der Waals surface area contributed by atoms with Crippen molar-refractivity contribution >= 4 is 46.3 Å². The summed E-state index contributed by atoms with van der Waals surface area (Å²) >= 11 is 15.8. The first-order chi connectivity index (χ1) is 14.4. The third-order valence-corrected chi connectivity index (χ3v) is 7.30. The van der Waals surface area contributed by atoms with E-state index in [2.05, 4.69) is 18.8 Å². The van der Waals surface area contributed by atoms with Crippen molar-refractivity contribution in [2.45, 2.75) is 36.7 Å². The van der Waals surface area contributed by atoms with E-state index in [-0.39, 0.29) is 0 Å². The Kier molecular flexibility index (Phi) is 6.48.